The average molecular weight is 377 g/mol. The van der Waals surface area contributed by atoms with Gasteiger partial charge in [-0.05, 0) is 37.4 Å². The van der Waals surface area contributed by atoms with Gasteiger partial charge in [-0.1, -0.05) is 6.07 Å². The van der Waals surface area contributed by atoms with E-state index >= 15 is 0 Å². The molecule has 4 fully saturated rings. The number of rotatable bonds is 6. The first-order valence-electron chi connectivity index (χ1n) is 10.0. The molecule has 0 aliphatic carbocycles. The van der Waals surface area contributed by atoms with Crippen LogP contribution in [-0.2, 0) is 0 Å². The summed E-state index contributed by atoms with van der Waals surface area (Å²) in [6.45, 7) is 10.4. The van der Waals surface area contributed by atoms with E-state index in [1.54, 1.807) is 0 Å². The van der Waals surface area contributed by atoms with Gasteiger partial charge in [0.1, 0.15) is 0 Å². The normalized spacial score (nSPS) is 30.5. The molecule has 0 radical (unpaired) electrons. The Bertz CT molecular complexity index is 575. The van der Waals surface area contributed by atoms with Crippen molar-refractivity contribution in [3.8, 4) is 0 Å². The standard InChI is InChI=1S/C19H32N6S/c1-20-19(21-13-16-15-23-8-10-24(16)11-9-23)22-14-17(18-5-4-12-26-18)25-6-2-3-7-25/h4-5,12,16-17H,2-3,6-11,13-15H2,1H3,(H2,20,21,22). The van der Waals surface area contributed by atoms with Crippen LogP contribution in [0.3, 0.4) is 0 Å². The minimum atomic E-state index is 0.455. The number of guanidine groups is 1. The third kappa shape index (κ3) is 4.22. The van der Waals surface area contributed by atoms with Crippen molar-refractivity contribution in [3.63, 3.8) is 0 Å². The smallest absolute Gasteiger partial charge is 0.191 e. The van der Waals surface area contributed by atoms with Gasteiger partial charge in [-0.25, -0.2) is 0 Å². The van der Waals surface area contributed by atoms with Gasteiger partial charge in [0, 0.05) is 63.8 Å². The molecule has 144 valence electrons. The number of hydrogen-bond acceptors (Lipinski definition) is 5. The van der Waals surface area contributed by atoms with Crippen molar-refractivity contribution >= 4 is 17.3 Å². The Balaban J connectivity index is 1.29. The third-order valence-corrected chi connectivity index (χ3v) is 7.01. The summed E-state index contributed by atoms with van der Waals surface area (Å²) in [6.07, 6.45) is 2.64. The Morgan fingerprint density at radius 3 is 2.62 bits per heavy atom. The van der Waals surface area contributed by atoms with E-state index in [0.717, 1.165) is 19.0 Å². The van der Waals surface area contributed by atoms with Crippen LogP contribution in [0.5, 0.6) is 0 Å². The van der Waals surface area contributed by atoms with E-state index in [1.165, 1.54) is 63.5 Å². The fourth-order valence-corrected chi connectivity index (χ4v) is 5.35. The number of nitrogens with zero attached hydrogens (tertiary/aromatic N) is 4. The van der Waals surface area contributed by atoms with Crippen molar-refractivity contribution in [1.82, 2.24) is 25.3 Å². The maximum absolute atomic E-state index is 4.46. The molecule has 0 aromatic carbocycles. The first kappa shape index (κ1) is 18.2. The van der Waals surface area contributed by atoms with Crippen LogP contribution in [0.4, 0.5) is 0 Å². The van der Waals surface area contributed by atoms with Crippen LogP contribution >= 0.6 is 11.3 Å². The second kappa shape index (κ2) is 8.69. The maximum atomic E-state index is 4.46. The molecule has 6 nitrogen and oxygen atoms in total. The predicted octanol–water partition coefficient (Wildman–Crippen LogP) is 1.05. The summed E-state index contributed by atoms with van der Waals surface area (Å²) < 4.78 is 0. The summed E-state index contributed by atoms with van der Waals surface area (Å²) in [7, 11) is 1.88. The van der Waals surface area contributed by atoms with Gasteiger partial charge in [0.15, 0.2) is 5.96 Å². The molecule has 2 N–H and O–H groups in total. The van der Waals surface area contributed by atoms with Crippen LogP contribution in [0.15, 0.2) is 22.5 Å². The zero-order valence-electron chi connectivity index (χ0n) is 15.9. The van der Waals surface area contributed by atoms with E-state index in [4.69, 9.17) is 0 Å². The molecule has 0 saturated carbocycles. The molecular weight excluding hydrogens is 344 g/mol. The van der Waals surface area contributed by atoms with Gasteiger partial charge in [0.25, 0.3) is 0 Å². The van der Waals surface area contributed by atoms with Gasteiger partial charge in [0.2, 0.25) is 0 Å². The summed E-state index contributed by atoms with van der Waals surface area (Å²) >= 11 is 1.87. The van der Waals surface area contributed by atoms with Crippen molar-refractivity contribution in [3.05, 3.63) is 22.4 Å². The van der Waals surface area contributed by atoms with Crippen LogP contribution in [0.2, 0.25) is 0 Å². The van der Waals surface area contributed by atoms with E-state index in [-0.39, 0.29) is 0 Å². The van der Waals surface area contributed by atoms with Crippen molar-refractivity contribution in [1.29, 1.82) is 0 Å². The summed E-state index contributed by atoms with van der Waals surface area (Å²) in [5.74, 6) is 0.934. The summed E-state index contributed by atoms with van der Waals surface area (Å²) in [5.41, 5.74) is 0. The molecule has 4 aliphatic heterocycles. The fraction of sp³-hybridized carbons (Fsp3) is 0.737. The number of piperazine rings is 3. The largest absolute Gasteiger partial charge is 0.355 e. The molecule has 5 heterocycles. The van der Waals surface area contributed by atoms with E-state index < -0.39 is 0 Å². The lowest BCUT2D eigenvalue weighted by Gasteiger charge is -2.47. The van der Waals surface area contributed by atoms with E-state index in [0.29, 0.717) is 12.1 Å². The Kier molecular flexibility index (Phi) is 6.09. The van der Waals surface area contributed by atoms with Crippen LogP contribution in [0.25, 0.3) is 0 Å². The van der Waals surface area contributed by atoms with Crippen LogP contribution < -0.4 is 10.6 Å². The topological polar surface area (TPSA) is 46.1 Å². The number of nitrogens with one attached hydrogen (secondary N) is 2. The highest BCUT2D eigenvalue weighted by atomic mass is 32.1. The first-order valence-corrected chi connectivity index (χ1v) is 10.9. The molecule has 4 saturated heterocycles. The molecule has 7 heteroatoms. The number of aliphatic imine (C=N–C) groups is 1. The molecule has 0 amide bonds. The quantitative estimate of drug-likeness (QED) is 0.574. The minimum Gasteiger partial charge on any atom is -0.355 e. The molecule has 26 heavy (non-hydrogen) atoms. The van der Waals surface area contributed by atoms with Gasteiger partial charge in [-0.2, -0.15) is 0 Å². The van der Waals surface area contributed by atoms with Crippen molar-refractivity contribution < 1.29 is 0 Å². The monoisotopic (exact) mass is 376 g/mol. The molecule has 1 aromatic rings. The van der Waals surface area contributed by atoms with E-state index in [1.807, 2.05) is 18.4 Å². The van der Waals surface area contributed by atoms with Crippen molar-refractivity contribution in [2.45, 2.75) is 24.9 Å². The molecule has 0 spiro atoms. The summed E-state index contributed by atoms with van der Waals surface area (Å²) in [6, 6.07) is 5.50. The maximum Gasteiger partial charge on any atom is 0.191 e. The fourth-order valence-electron chi connectivity index (χ4n) is 4.49. The number of hydrogen-bond donors (Lipinski definition) is 2. The van der Waals surface area contributed by atoms with Crippen LogP contribution in [0, 0.1) is 0 Å². The van der Waals surface area contributed by atoms with Gasteiger partial charge >= 0.3 is 0 Å². The molecule has 5 rings (SSSR count). The highest BCUT2D eigenvalue weighted by Gasteiger charge is 2.31. The first-order chi connectivity index (χ1) is 12.8. The van der Waals surface area contributed by atoms with Crippen LogP contribution in [0.1, 0.15) is 23.8 Å². The number of fused-ring (bicyclic) bond motifs is 3. The van der Waals surface area contributed by atoms with Gasteiger partial charge in [0.05, 0.1) is 6.04 Å². The lowest BCUT2D eigenvalue weighted by molar-refractivity contribution is 0.0154. The average Bonchev–Trinajstić information content (AvgIpc) is 3.40. The minimum absolute atomic E-state index is 0.455. The summed E-state index contributed by atoms with van der Waals surface area (Å²) in [5, 5.41) is 9.35. The molecule has 1 aromatic heterocycles. The molecule has 2 unspecified atom stereocenters. The lowest BCUT2D eigenvalue weighted by atomic mass is 10.1. The van der Waals surface area contributed by atoms with E-state index in [2.05, 4.69) is 47.8 Å². The molecule has 2 bridgehead atoms. The van der Waals surface area contributed by atoms with Gasteiger partial charge < -0.3 is 10.6 Å². The Hall–Kier alpha value is -1.15. The lowest BCUT2D eigenvalue weighted by Crippen LogP contribution is -2.63. The van der Waals surface area contributed by atoms with Gasteiger partial charge in [-0.3, -0.25) is 19.7 Å². The van der Waals surface area contributed by atoms with E-state index in [9.17, 15) is 0 Å². The third-order valence-electron chi connectivity index (χ3n) is 6.04. The summed E-state index contributed by atoms with van der Waals surface area (Å²) in [4.78, 5) is 13.7. The van der Waals surface area contributed by atoms with Gasteiger partial charge in [-0.15, -0.1) is 11.3 Å². The highest BCUT2D eigenvalue weighted by molar-refractivity contribution is 7.10. The SMILES string of the molecule is CN=C(NCC1CN2CCN1CC2)NCC(c1cccs1)N1CCCC1. The van der Waals surface area contributed by atoms with Crippen molar-refractivity contribution in [2.24, 2.45) is 4.99 Å². The second-order valence-corrected chi connectivity index (χ2v) is 8.58. The highest BCUT2D eigenvalue weighted by Crippen LogP contribution is 2.27. The van der Waals surface area contributed by atoms with Crippen molar-refractivity contribution in [2.75, 3.05) is 66.0 Å². The van der Waals surface area contributed by atoms with Crippen LogP contribution in [-0.4, -0.2) is 92.7 Å². The molecule has 2 atom stereocenters. The zero-order chi connectivity index (χ0) is 17.8. The number of thiophene rings is 1. The Morgan fingerprint density at radius 2 is 2.00 bits per heavy atom. The zero-order valence-corrected chi connectivity index (χ0v) is 16.7. The predicted molar refractivity (Wildman–Crippen MR) is 109 cm³/mol. The Morgan fingerprint density at radius 1 is 1.19 bits per heavy atom. The molecule has 4 aliphatic rings. The number of likely N-dealkylation sites (tertiary alicyclic amines) is 1. The Labute approximate surface area is 161 Å². The second-order valence-electron chi connectivity index (χ2n) is 7.60. The molecular formula is C19H32N6S.